The van der Waals surface area contributed by atoms with E-state index in [1.807, 2.05) is 5.38 Å². The van der Waals surface area contributed by atoms with Crippen molar-refractivity contribution in [3.63, 3.8) is 0 Å². The van der Waals surface area contributed by atoms with E-state index >= 15 is 0 Å². The van der Waals surface area contributed by atoms with Crippen molar-refractivity contribution in [3.05, 3.63) is 21.4 Å². The highest BCUT2D eigenvalue weighted by Crippen LogP contribution is 2.31. The Morgan fingerprint density at radius 2 is 2.36 bits per heavy atom. The minimum absolute atomic E-state index is 0.301. The molecule has 0 unspecified atom stereocenters. The Hall–Kier alpha value is -0.340. The van der Waals surface area contributed by atoms with E-state index in [0.29, 0.717) is 0 Å². The van der Waals surface area contributed by atoms with Gasteiger partial charge in [-0.25, -0.2) is 0 Å². The molecule has 1 heterocycles. The molecule has 0 saturated heterocycles. The molecule has 0 N–H and O–H groups in total. The molecule has 11 heavy (non-hydrogen) atoms. The van der Waals surface area contributed by atoms with Crippen molar-refractivity contribution < 1.29 is 4.79 Å². The van der Waals surface area contributed by atoms with E-state index in [2.05, 4.69) is 0 Å². The molecule has 0 aromatic carbocycles. The van der Waals surface area contributed by atoms with Gasteiger partial charge in [-0.15, -0.1) is 11.3 Å². The highest BCUT2D eigenvalue weighted by Gasteiger charge is 2.19. The molecular weight excluding hydrogens is 180 g/mol. The quantitative estimate of drug-likeness (QED) is 0.617. The summed E-state index contributed by atoms with van der Waals surface area (Å²) in [6.45, 7) is 0. The highest BCUT2D eigenvalue weighted by molar-refractivity contribution is 7.10. The maximum absolute atomic E-state index is 10.8. The van der Waals surface area contributed by atoms with E-state index in [9.17, 15) is 4.79 Å². The van der Waals surface area contributed by atoms with Crippen LogP contribution in [0.4, 0.5) is 0 Å². The van der Waals surface area contributed by atoms with Crippen LogP contribution >= 0.6 is 22.9 Å². The highest BCUT2D eigenvalue weighted by atomic mass is 35.5. The van der Waals surface area contributed by atoms with Crippen LogP contribution < -0.4 is 0 Å². The summed E-state index contributed by atoms with van der Waals surface area (Å²) in [5.41, 5.74) is 1.94. The Labute approximate surface area is 74.0 Å². The Balaban J connectivity index is 2.50. The number of rotatable bonds is 1. The molecule has 0 fully saturated rings. The van der Waals surface area contributed by atoms with Crippen molar-refractivity contribution in [2.45, 2.75) is 19.3 Å². The van der Waals surface area contributed by atoms with E-state index in [0.717, 1.165) is 18.4 Å². The molecule has 3 heteroatoms. The van der Waals surface area contributed by atoms with Gasteiger partial charge >= 0.3 is 0 Å². The molecule has 1 aromatic heterocycles. The second kappa shape index (κ2) is 2.61. The average molecular weight is 187 g/mol. The number of hydrogen-bond donors (Lipinski definition) is 0. The molecule has 0 spiro atoms. The van der Waals surface area contributed by atoms with Gasteiger partial charge in [0.2, 0.25) is 0 Å². The minimum atomic E-state index is -0.301. The average Bonchev–Trinajstić information content (AvgIpc) is 2.41. The Kier molecular flexibility index (Phi) is 1.74. The van der Waals surface area contributed by atoms with Gasteiger partial charge in [-0.3, -0.25) is 4.79 Å². The molecule has 0 atom stereocenters. The zero-order valence-electron chi connectivity index (χ0n) is 5.89. The molecule has 0 radical (unpaired) electrons. The SMILES string of the molecule is O=C(Cl)c1csc2c1CCC2. The molecule has 58 valence electrons. The van der Waals surface area contributed by atoms with Crippen LogP contribution in [0, 0.1) is 0 Å². The first-order valence-electron chi connectivity index (χ1n) is 3.58. The van der Waals surface area contributed by atoms with Crippen LogP contribution in [0.3, 0.4) is 0 Å². The van der Waals surface area contributed by atoms with E-state index in [1.54, 1.807) is 11.3 Å². The number of hydrogen-bond acceptors (Lipinski definition) is 2. The maximum atomic E-state index is 10.8. The lowest BCUT2D eigenvalue weighted by atomic mass is 10.2. The normalized spacial score (nSPS) is 15.0. The molecule has 1 aromatic rings. The lowest BCUT2D eigenvalue weighted by molar-refractivity contribution is 0.108. The largest absolute Gasteiger partial charge is 0.276 e. The predicted molar refractivity (Wildman–Crippen MR) is 46.5 cm³/mol. The molecule has 2 rings (SSSR count). The van der Waals surface area contributed by atoms with Crippen molar-refractivity contribution in [2.75, 3.05) is 0 Å². The molecular formula is C8H7ClOS. The van der Waals surface area contributed by atoms with Crippen LogP contribution in [-0.4, -0.2) is 5.24 Å². The van der Waals surface area contributed by atoms with Crippen molar-refractivity contribution in [1.29, 1.82) is 0 Å². The van der Waals surface area contributed by atoms with Crippen molar-refractivity contribution in [1.82, 2.24) is 0 Å². The van der Waals surface area contributed by atoms with Gasteiger partial charge in [-0.05, 0) is 36.4 Å². The number of halogens is 1. The molecule has 0 amide bonds. The van der Waals surface area contributed by atoms with Crippen molar-refractivity contribution in [2.24, 2.45) is 0 Å². The Bertz CT molecular complexity index is 303. The topological polar surface area (TPSA) is 17.1 Å². The third kappa shape index (κ3) is 1.10. The lowest BCUT2D eigenvalue weighted by Gasteiger charge is -1.90. The van der Waals surface area contributed by atoms with Gasteiger partial charge in [0.05, 0.1) is 0 Å². The van der Waals surface area contributed by atoms with E-state index < -0.39 is 0 Å². The van der Waals surface area contributed by atoms with Crippen molar-refractivity contribution in [3.8, 4) is 0 Å². The molecule has 1 aliphatic carbocycles. The minimum Gasteiger partial charge on any atom is -0.276 e. The number of aryl methyl sites for hydroxylation is 1. The monoisotopic (exact) mass is 186 g/mol. The summed E-state index contributed by atoms with van der Waals surface area (Å²) in [7, 11) is 0. The molecule has 1 nitrogen and oxygen atoms in total. The first kappa shape index (κ1) is 7.32. The Morgan fingerprint density at radius 1 is 1.55 bits per heavy atom. The first-order valence-corrected chi connectivity index (χ1v) is 4.84. The first-order chi connectivity index (χ1) is 5.29. The predicted octanol–water partition coefficient (Wildman–Crippen LogP) is 2.62. The van der Waals surface area contributed by atoms with Gasteiger partial charge in [-0.1, -0.05) is 0 Å². The fourth-order valence-electron chi connectivity index (χ4n) is 1.50. The third-order valence-electron chi connectivity index (χ3n) is 2.02. The summed E-state index contributed by atoms with van der Waals surface area (Å²) < 4.78 is 0. The van der Waals surface area contributed by atoms with Crippen LogP contribution in [-0.2, 0) is 12.8 Å². The summed E-state index contributed by atoms with van der Waals surface area (Å²) in [5, 5.41) is 1.57. The van der Waals surface area contributed by atoms with Crippen LogP contribution in [0.2, 0.25) is 0 Å². The van der Waals surface area contributed by atoms with Crippen LogP contribution in [0.25, 0.3) is 0 Å². The fourth-order valence-corrected chi connectivity index (χ4v) is 2.86. The van der Waals surface area contributed by atoms with Gasteiger partial charge in [0.25, 0.3) is 5.24 Å². The second-order valence-corrected chi connectivity index (χ2v) is 3.99. The summed E-state index contributed by atoms with van der Waals surface area (Å²) in [5.74, 6) is 0. The molecule has 0 aliphatic heterocycles. The third-order valence-corrected chi connectivity index (χ3v) is 3.32. The molecule has 1 aliphatic rings. The van der Waals surface area contributed by atoms with Gasteiger partial charge < -0.3 is 0 Å². The lowest BCUT2D eigenvalue weighted by Crippen LogP contribution is -1.90. The van der Waals surface area contributed by atoms with Crippen LogP contribution in [0.5, 0.6) is 0 Å². The number of carbonyl (C=O) groups excluding carboxylic acids is 1. The summed E-state index contributed by atoms with van der Waals surface area (Å²) in [4.78, 5) is 12.2. The molecule has 0 saturated carbocycles. The number of thiophene rings is 1. The zero-order chi connectivity index (χ0) is 7.84. The number of fused-ring (bicyclic) bond motifs is 1. The summed E-state index contributed by atoms with van der Waals surface area (Å²) in [6, 6.07) is 0. The van der Waals surface area contributed by atoms with Gasteiger partial charge in [0.1, 0.15) is 0 Å². The van der Waals surface area contributed by atoms with Gasteiger partial charge in [0.15, 0.2) is 0 Å². The second-order valence-electron chi connectivity index (χ2n) is 2.68. The van der Waals surface area contributed by atoms with Gasteiger partial charge in [0, 0.05) is 15.8 Å². The van der Waals surface area contributed by atoms with E-state index in [1.165, 1.54) is 16.9 Å². The fraction of sp³-hybridized carbons (Fsp3) is 0.375. The molecule has 0 bridgehead atoms. The maximum Gasteiger partial charge on any atom is 0.253 e. The summed E-state index contributed by atoms with van der Waals surface area (Å²) in [6.07, 6.45) is 3.34. The van der Waals surface area contributed by atoms with Gasteiger partial charge in [-0.2, -0.15) is 0 Å². The standard InChI is InChI=1S/C8H7ClOS/c9-8(10)6-4-11-7-3-1-2-5(6)7/h4H,1-3H2. The smallest absolute Gasteiger partial charge is 0.253 e. The van der Waals surface area contributed by atoms with Crippen molar-refractivity contribution >= 4 is 28.2 Å². The van der Waals surface area contributed by atoms with E-state index in [4.69, 9.17) is 11.6 Å². The number of carbonyl (C=O) groups is 1. The van der Waals surface area contributed by atoms with Crippen LogP contribution in [0.1, 0.15) is 27.2 Å². The summed E-state index contributed by atoms with van der Waals surface area (Å²) >= 11 is 7.06. The van der Waals surface area contributed by atoms with E-state index in [-0.39, 0.29) is 5.24 Å². The zero-order valence-corrected chi connectivity index (χ0v) is 7.47. The van der Waals surface area contributed by atoms with Crippen LogP contribution in [0.15, 0.2) is 5.38 Å². The Morgan fingerprint density at radius 3 is 3.09 bits per heavy atom.